The van der Waals surface area contributed by atoms with Gasteiger partial charge in [0.05, 0.1) is 0 Å². The summed E-state index contributed by atoms with van der Waals surface area (Å²) in [5.74, 6) is 6.60. The van der Waals surface area contributed by atoms with Gasteiger partial charge in [-0.25, -0.2) is 0 Å². The molecular formula is C27H27I. The lowest BCUT2D eigenvalue weighted by Gasteiger charge is -2.05. The summed E-state index contributed by atoms with van der Waals surface area (Å²) in [4.78, 5) is 0. The van der Waals surface area contributed by atoms with Crippen LogP contribution in [-0.2, 0) is 12.8 Å². The standard InChI is InChI=1S/C27H27I/c1-3-5-6-7-21-10-15-25(16-11-21)26-17-12-22(13-18-26)8-9-23-14-19-27(28)24(4-2)20-23/h10-20H,3-7H2,1-2H3. The molecule has 0 aromatic heterocycles. The first kappa shape index (κ1) is 20.7. The topological polar surface area (TPSA) is 0 Å². The summed E-state index contributed by atoms with van der Waals surface area (Å²) in [5, 5.41) is 0. The van der Waals surface area contributed by atoms with Crippen molar-refractivity contribution in [1.29, 1.82) is 0 Å². The average Bonchev–Trinajstić information content (AvgIpc) is 2.74. The van der Waals surface area contributed by atoms with Crippen molar-refractivity contribution >= 4 is 22.6 Å². The highest BCUT2D eigenvalue weighted by Gasteiger charge is 2.00. The van der Waals surface area contributed by atoms with E-state index in [2.05, 4.69) is 115 Å². The Morgan fingerprint density at radius 2 is 1.32 bits per heavy atom. The van der Waals surface area contributed by atoms with E-state index in [1.54, 1.807) is 0 Å². The molecule has 28 heavy (non-hydrogen) atoms. The second kappa shape index (κ2) is 10.5. The molecule has 0 nitrogen and oxygen atoms in total. The van der Waals surface area contributed by atoms with Gasteiger partial charge in [-0.1, -0.05) is 74.9 Å². The van der Waals surface area contributed by atoms with Crippen LogP contribution in [0, 0.1) is 15.4 Å². The second-order valence-electron chi connectivity index (χ2n) is 7.14. The third-order valence-electron chi connectivity index (χ3n) is 5.02. The van der Waals surface area contributed by atoms with Crippen molar-refractivity contribution in [3.63, 3.8) is 0 Å². The van der Waals surface area contributed by atoms with Gasteiger partial charge in [-0.15, -0.1) is 0 Å². The summed E-state index contributed by atoms with van der Waals surface area (Å²) < 4.78 is 1.31. The van der Waals surface area contributed by atoms with Gasteiger partial charge in [0.2, 0.25) is 0 Å². The molecule has 3 rings (SSSR count). The fourth-order valence-electron chi connectivity index (χ4n) is 3.26. The number of halogens is 1. The molecule has 3 aromatic carbocycles. The van der Waals surface area contributed by atoms with E-state index < -0.39 is 0 Å². The van der Waals surface area contributed by atoms with Gasteiger partial charge in [0, 0.05) is 14.7 Å². The summed E-state index contributed by atoms with van der Waals surface area (Å²) in [5.41, 5.74) is 7.44. The Morgan fingerprint density at radius 1 is 0.714 bits per heavy atom. The average molecular weight is 478 g/mol. The zero-order valence-electron chi connectivity index (χ0n) is 16.8. The van der Waals surface area contributed by atoms with Crippen molar-refractivity contribution in [3.8, 4) is 23.0 Å². The van der Waals surface area contributed by atoms with E-state index in [-0.39, 0.29) is 0 Å². The summed E-state index contributed by atoms with van der Waals surface area (Å²) in [6, 6.07) is 24.0. The van der Waals surface area contributed by atoms with Crippen LogP contribution in [0.1, 0.15) is 55.4 Å². The van der Waals surface area contributed by atoms with E-state index in [0.29, 0.717) is 0 Å². The van der Waals surface area contributed by atoms with E-state index in [0.717, 1.165) is 17.5 Å². The minimum atomic E-state index is 1.04. The molecule has 0 aliphatic rings. The molecule has 0 spiro atoms. The highest BCUT2D eigenvalue weighted by molar-refractivity contribution is 14.1. The number of unbranched alkanes of at least 4 members (excludes halogenated alkanes) is 2. The minimum Gasteiger partial charge on any atom is -0.0654 e. The molecule has 0 radical (unpaired) electrons. The van der Waals surface area contributed by atoms with Crippen LogP contribution in [0.3, 0.4) is 0 Å². The molecule has 0 aliphatic carbocycles. The van der Waals surface area contributed by atoms with Gasteiger partial charge in [0.15, 0.2) is 0 Å². The molecule has 0 unspecified atom stereocenters. The molecule has 0 fully saturated rings. The summed E-state index contributed by atoms with van der Waals surface area (Å²) in [6.07, 6.45) is 6.09. The highest BCUT2D eigenvalue weighted by atomic mass is 127. The predicted molar refractivity (Wildman–Crippen MR) is 130 cm³/mol. The predicted octanol–water partition coefficient (Wildman–Crippen LogP) is 7.65. The Bertz CT molecular complexity index is 954. The fraction of sp³-hybridized carbons (Fsp3) is 0.259. The molecule has 1 heteroatoms. The Morgan fingerprint density at radius 3 is 1.96 bits per heavy atom. The van der Waals surface area contributed by atoms with Crippen LogP contribution in [0.2, 0.25) is 0 Å². The lowest BCUT2D eigenvalue weighted by molar-refractivity contribution is 0.717. The van der Waals surface area contributed by atoms with E-state index in [1.165, 1.54) is 51.5 Å². The summed E-state index contributed by atoms with van der Waals surface area (Å²) in [6.45, 7) is 4.44. The van der Waals surface area contributed by atoms with Crippen molar-refractivity contribution in [1.82, 2.24) is 0 Å². The van der Waals surface area contributed by atoms with Gasteiger partial charge < -0.3 is 0 Å². The molecule has 0 saturated heterocycles. The Hall–Kier alpha value is -2.05. The van der Waals surface area contributed by atoms with Gasteiger partial charge in [-0.3, -0.25) is 0 Å². The highest BCUT2D eigenvalue weighted by Crippen LogP contribution is 2.21. The van der Waals surface area contributed by atoms with Crippen molar-refractivity contribution in [2.75, 3.05) is 0 Å². The number of hydrogen-bond acceptors (Lipinski definition) is 0. The third-order valence-corrected chi connectivity index (χ3v) is 6.07. The summed E-state index contributed by atoms with van der Waals surface area (Å²) >= 11 is 2.39. The zero-order valence-corrected chi connectivity index (χ0v) is 18.9. The Balaban J connectivity index is 1.69. The maximum atomic E-state index is 3.30. The second-order valence-corrected chi connectivity index (χ2v) is 8.30. The van der Waals surface area contributed by atoms with Gasteiger partial charge in [-0.2, -0.15) is 0 Å². The lowest BCUT2D eigenvalue weighted by atomic mass is 10.0. The largest absolute Gasteiger partial charge is 0.0654 e. The molecule has 0 aliphatic heterocycles. The molecule has 0 bridgehead atoms. The van der Waals surface area contributed by atoms with Gasteiger partial charge >= 0.3 is 0 Å². The molecule has 0 heterocycles. The summed E-state index contributed by atoms with van der Waals surface area (Å²) in [7, 11) is 0. The number of benzene rings is 3. The maximum Gasteiger partial charge on any atom is 0.0252 e. The van der Waals surface area contributed by atoms with Crippen molar-refractivity contribution in [2.45, 2.75) is 46.0 Å². The maximum absolute atomic E-state index is 3.30. The van der Waals surface area contributed by atoms with Crippen molar-refractivity contribution < 1.29 is 0 Å². The number of aryl methyl sites for hydroxylation is 2. The van der Waals surface area contributed by atoms with Crippen LogP contribution in [0.15, 0.2) is 66.7 Å². The van der Waals surface area contributed by atoms with E-state index in [1.807, 2.05) is 0 Å². The Labute approximate surface area is 183 Å². The molecule has 0 N–H and O–H groups in total. The normalized spacial score (nSPS) is 10.4. The first-order chi connectivity index (χ1) is 13.7. The van der Waals surface area contributed by atoms with Gasteiger partial charge in [-0.05, 0) is 94.4 Å². The van der Waals surface area contributed by atoms with Crippen LogP contribution < -0.4 is 0 Å². The fourth-order valence-corrected chi connectivity index (χ4v) is 3.97. The van der Waals surface area contributed by atoms with Gasteiger partial charge in [0.1, 0.15) is 0 Å². The van der Waals surface area contributed by atoms with Gasteiger partial charge in [0.25, 0.3) is 0 Å². The SMILES string of the molecule is CCCCCc1ccc(-c2ccc(C#Cc3ccc(I)c(CC)c3)cc2)cc1. The first-order valence-corrected chi connectivity index (χ1v) is 11.3. The van der Waals surface area contributed by atoms with Crippen LogP contribution in [0.25, 0.3) is 11.1 Å². The lowest BCUT2D eigenvalue weighted by Crippen LogP contribution is -1.87. The molecule has 0 saturated carbocycles. The molecular weight excluding hydrogens is 451 g/mol. The third kappa shape index (κ3) is 5.72. The van der Waals surface area contributed by atoms with Crippen molar-refractivity contribution in [2.24, 2.45) is 0 Å². The Kier molecular flexibility index (Phi) is 7.74. The molecule has 142 valence electrons. The van der Waals surface area contributed by atoms with E-state index >= 15 is 0 Å². The van der Waals surface area contributed by atoms with Crippen LogP contribution in [0.4, 0.5) is 0 Å². The first-order valence-electron chi connectivity index (χ1n) is 10.2. The van der Waals surface area contributed by atoms with E-state index in [4.69, 9.17) is 0 Å². The molecule has 0 atom stereocenters. The monoisotopic (exact) mass is 478 g/mol. The zero-order chi connectivity index (χ0) is 19.8. The molecule has 3 aromatic rings. The minimum absolute atomic E-state index is 1.04. The van der Waals surface area contributed by atoms with Crippen LogP contribution in [-0.4, -0.2) is 0 Å². The van der Waals surface area contributed by atoms with Crippen molar-refractivity contribution in [3.05, 3.63) is 92.6 Å². The van der Waals surface area contributed by atoms with E-state index in [9.17, 15) is 0 Å². The number of rotatable bonds is 6. The quantitative estimate of drug-likeness (QED) is 0.194. The van der Waals surface area contributed by atoms with Crippen LogP contribution in [0.5, 0.6) is 0 Å². The smallest absolute Gasteiger partial charge is 0.0252 e. The molecule has 0 amide bonds. The van der Waals surface area contributed by atoms with Crippen LogP contribution >= 0.6 is 22.6 Å². The number of hydrogen-bond donors (Lipinski definition) is 0.